The largest absolute Gasteiger partial charge is 0.489 e. The minimum Gasteiger partial charge on any atom is -0.489 e. The van der Waals surface area contributed by atoms with Gasteiger partial charge in [0.15, 0.2) is 6.10 Å². The fourth-order valence-corrected chi connectivity index (χ4v) is 1.08. The second-order valence-electron chi connectivity index (χ2n) is 2.94. The molecule has 0 saturated carbocycles. The Kier molecular flexibility index (Phi) is 3.98. The Morgan fingerprint density at radius 1 is 1.38 bits per heavy atom. The van der Waals surface area contributed by atoms with Crippen LogP contribution < -0.4 is 4.74 Å². The lowest BCUT2D eigenvalue weighted by Gasteiger charge is -2.15. The zero-order chi connectivity index (χ0) is 12.3. The number of alkyl halides is 3. The lowest BCUT2D eigenvalue weighted by Crippen LogP contribution is -2.34. The number of hydrogen-bond donors (Lipinski definition) is 1. The average Bonchev–Trinajstić information content (AvgIpc) is 2.14. The molecule has 0 aliphatic carbocycles. The van der Waals surface area contributed by atoms with Crippen LogP contribution >= 0.6 is 11.6 Å². The van der Waals surface area contributed by atoms with Crippen LogP contribution in [-0.2, 0) is 0 Å². The molecular formula is C9H7ClF4O2. The Balaban J connectivity index is 2.62. The summed E-state index contributed by atoms with van der Waals surface area (Å²) in [6.07, 6.45) is -7.36. The minimum absolute atomic E-state index is 0.119. The van der Waals surface area contributed by atoms with Crippen LogP contribution in [0.2, 0.25) is 5.02 Å². The van der Waals surface area contributed by atoms with Gasteiger partial charge in [-0.05, 0) is 18.2 Å². The molecule has 7 heteroatoms. The fourth-order valence-electron chi connectivity index (χ4n) is 0.855. The monoisotopic (exact) mass is 258 g/mol. The van der Waals surface area contributed by atoms with Crippen molar-refractivity contribution in [2.45, 2.75) is 12.3 Å². The Morgan fingerprint density at radius 3 is 2.50 bits per heavy atom. The summed E-state index contributed by atoms with van der Waals surface area (Å²) in [5, 5.41) is 8.47. The molecule has 16 heavy (non-hydrogen) atoms. The van der Waals surface area contributed by atoms with Gasteiger partial charge in [-0.1, -0.05) is 11.6 Å². The third-order valence-corrected chi connectivity index (χ3v) is 1.96. The van der Waals surface area contributed by atoms with Crippen LogP contribution in [-0.4, -0.2) is 24.0 Å². The molecule has 0 aliphatic heterocycles. The van der Waals surface area contributed by atoms with Crippen molar-refractivity contribution in [1.29, 1.82) is 0 Å². The van der Waals surface area contributed by atoms with Gasteiger partial charge >= 0.3 is 6.18 Å². The van der Waals surface area contributed by atoms with Crippen LogP contribution in [0.3, 0.4) is 0 Å². The molecule has 1 unspecified atom stereocenters. The quantitative estimate of drug-likeness (QED) is 0.845. The van der Waals surface area contributed by atoms with Crippen molar-refractivity contribution < 1.29 is 27.4 Å². The van der Waals surface area contributed by atoms with Crippen LogP contribution in [0.15, 0.2) is 18.2 Å². The van der Waals surface area contributed by atoms with Crippen molar-refractivity contribution >= 4 is 11.6 Å². The standard InChI is InChI=1S/C9H7ClF4O2/c10-6-3-5(11)1-2-7(6)16-4-8(15)9(12,13)14/h1-3,8,15H,4H2. The van der Waals surface area contributed by atoms with Crippen LogP contribution in [0.4, 0.5) is 17.6 Å². The molecule has 0 aromatic heterocycles. The molecule has 1 atom stereocenters. The van der Waals surface area contributed by atoms with Gasteiger partial charge in [-0.25, -0.2) is 4.39 Å². The summed E-state index contributed by atoms with van der Waals surface area (Å²) in [7, 11) is 0. The summed E-state index contributed by atoms with van der Waals surface area (Å²) in [4.78, 5) is 0. The fraction of sp³-hybridized carbons (Fsp3) is 0.333. The predicted molar refractivity (Wildman–Crippen MR) is 49.0 cm³/mol. The van der Waals surface area contributed by atoms with E-state index < -0.39 is 24.7 Å². The highest BCUT2D eigenvalue weighted by atomic mass is 35.5. The van der Waals surface area contributed by atoms with Gasteiger partial charge in [0.2, 0.25) is 0 Å². The molecule has 0 heterocycles. The molecule has 0 radical (unpaired) electrons. The first kappa shape index (κ1) is 13.1. The molecular weight excluding hydrogens is 252 g/mol. The molecule has 1 aromatic carbocycles. The second-order valence-corrected chi connectivity index (χ2v) is 3.35. The Hall–Kier alpha value is -1.01. The zero-order valence-corrected chi connectivity index (χ0v) is 8.52. The molecule has 0 aliphatic rings. The molecule has 2 nitrogen and oxygen atoms in total. The van der Waals surface area contributed by atoms with Gasteiger partial charge in [0, 0.05) is 0 Å². The summed E-state index contributed by atoms with van der Waals surface area (Å²) < 4.78 is 52.9. The first-order valence-corrected chi connectivity index (χ1v) is 4.51. The van der Waals surface area contributed by atoms with Gasteiger partial charge in [-0.3, -0.25) is 0 Å². The van der Waals surface area contributed by atoms with E-state index in [1.807, 2.05) is 0 Å². The van der Waals surface area contributed by atoms with Gasteiger partial charge in [-0.2, -0.15) is 13.2 Å². The van der Waals surface area contributed by atoms with E-state index in [0.29, 0.717) is 0 Å². The van der Waals surface area contributed by atoms with Crippen LogP contribution in [0.25, 0.3) is 0 Å². The number of halogens is 5. The molecule has 0 saturated heterocycles. The van der Waals surface area contributed by atoms with Crippen LogP contribution in [0, 0.1) is 5.82 Å². The summed E-state index contributed by atoms with van der Waals surface area (Å²) in [6, 6.07) is 2.97. The van der Waals surface area contributed by atoms with Crippen molar-refractivity contribution in [3.63, 3.8) is 0 Å². The van der Waals surface area contributed by atoms with Crippen LogP contribution in [0.5, 0.6) is 5.75 Å². The van der Waals surface area contributed by atoms with Crippen LogP contribution in [0.1, 0.15) is 0 Å². The number of ether oxygens (including phenoxy) is 1. The number of hydrogen-bond acceptors (Lipinski definition) is 2. The van der Waals surface area contributed by atoms with Gasteiger partial charge in [0.1, 0.15) is 18.2 Å². The first-order valence-electron chi connectivity index (χ1n) is 4.13. The van der Waals surface area contributed by atoms with Crippen molar-refractivity contribution in [3.05, 3.63) is 29.0 Å². The molecule has 1 N–H and O–H groups in total. The van der Waals surface area contributed by atoms with E-state index in [-0.39, 0.29) is 10.8 Å². The third-order valence-electron chi connectivity index (χ3n) is 1.67. The Bertz CT molecular complexity index is 367. The van der Waals surface area contributed by atoms with Gasteiger partial charge in [-0.15, -0.1) is 0 Å². The maximum absolute atomic E-state index is 12.6. The highest BCUT2D eigenvalue weighted by molar-refractivity contribution is 6.32. The Morgan fingerprint density at radius 2 is 2.00 bits per heavy atom. The molecule has 0 bridgehead atoms. The minimum atomic E-state index is -4.76. The lowest BCUT2D eigenvalue weighted by atomic mass is 10.3. The highest BCUT2D eigenvalue weighted by Crippen LogP contribution is 2.26. The first-order chi connectivity index (χ1) is 7.30. The molecule has 0 spiro atoms. The van der Waals surface area contributed by atoms with E-state index in [0.717, 1.165) is 18.2 Å². The maximum Gasteiger partial charge on any atom is 0.417 e. The van der Waals surface area contributed by atoms with Crippen molar-refractivity contribution in [3.8, 4) is 5.75 Å². The van der Waals surface area contributed by atoms with Crippen molar-refractivity contribution in [2.75, 3.05) is 6.61 Å². The van der Waals surface area contributed by atoms with E-state index in [2.05, 4.69) is 4.74 Å². The topological polar surface area (TPSA) is 29.5 Å². The van der Waals surface area contributed by atoms with E-state index in [9.17, 15) is 17.6 Å². The predicted octanol–water partition coefficient (Wildman–Crippen LogP) is 2.78. The summed E-state index contributed by atoms with van der Waals surface area (Å²) in [5.41, 5.74) is 0. The second kappa shape index (κ2) is 4.88. The zero-order valence-electron chi connectivity index (χ0n) is 7.76. The molecule has 0 amide bonds. The smallest absolute Gasteiger partial charge is 0.417 e. The summed E-state index contributed by atoms with van der Waals surface area (Å²) in [5.74, 6) is -0.750. The molecule has 1 rings (SSSR count). The van der Waals surface area contributed by atoms with E-state index >= 15 is 0 Å². The third kappa shape index (κ3) is 3.53. The van der Waals surface area contributed by atoms with E-state index in [4.69, 9.17) is 16.7 Å². The highest BCUT2D eigenvalue weighted by Gasteiger charge is 2.38. The molecule has 90 valence electrons. The van der Waals surface area contributed by atoms with Crippen molar-refractivity contribution in [2.24, 2.45) is 0 Å². The lowest BCUT2D eigenvalue weighted by molar-refractivity contribution is -0.210. The van der Waals surface area contributed by atoms with Gasteiger partial charge in [0.05, 0.1) is 5.02 Å². The number of rotatable bonds is 3. The van der Waals surface area contributed by atoms with E-state index in [1.165, 1.54) is 0 Å². The molecule has 1 aromatic rings. The number of aliphatic hydroxyl groups excluding tert-OH is 1. The van der Waals surface area contributed by atoms with Gasteiger partial charge in [0.25, 0.3) is 0 Å². The van der Waals surface area contributed by atoms with E-state index in [1.54, 1.807) is 0 Å². The number of benzene rings is 1. The average molecular weight is 259 g/mol. The normalized spacial score (nSPS) is 13.6. The molecule has 0 fully saturated rings. The maximum atomic E-state index is 12.6. The van der Waals surface area contributed by atoms with Gasteiger partial charge < -0.3 is 9.84 Å². The van der Waals surface area contributed by atoms with Crippen molar-refractivity contribution in [1.82, 2.24) is 0 Å². The SMILES string of the molecule is OC(COc1ccc(F)cc1Cl)C(F)(F)F. The number of aliphatic hydroxyl groups is 1. The summed E-state index contributed by atoms with van der Waals surface area (Å²) >= 11 is 5.50. The summed E-state index contributed by atoms with van der Waals surface area (Å²) in [6.45, 7) is -0.991. The Labute approximate surface area is 93.4 Å².